The molecule has 0 bridgehead atoms. The molecule has 0 heterocycles. The first kappa shape index (κ1) is 16.2. The second kappa shape index (κ2) is 5.90. The van der Waals surface area contributed by atoms with E-state index in [1.165, 1.54) is 6.07 Å². The molecule has 0 aliphatic rings. The van der Waals surface area contributed by atoms with Gasteiger partial charge < -0.3 is 5.73 Å². The van der Waals surface area contributed by atoms with Gasteiger partial charge in [0.05, 0.1) is 11.4 Å². The Balaban J connectivity index is 2.48. The van der Waals surface area contributed by atoms with Crippen LogP contribution in [0.2, 0.25) is 0 Å². The minimum Gasteiger partial charge on any atom is -0.396 e. The smallest absolute Gasteiger partial charge is 0.264 e. The highest BCUT2D eigenvalue weighted by Gasteiger charge is 2.22. The topological polar surface area (TPSA) is 72.2 Å². The van der Waals surface area contributed by atoms with Crippen molar-refractivity contribution in [2.24, 2.45) is 0 Å². The molecule has 0 spiro atoms. The molecule has 2 rings (SSSR count). The summed E-state index contributed by atoms with van der Waals surface area (Å²) in [4.78, 5) is -0.728. The first-order valence-electron chi connectivity index (χ1n) is 5.43. The zero-order chi connectivity index (χ0) is 15.8. The van der Waals surface area contributed by atoms with E-state index in [0.717, 1.165) is 6.07 Å². The number of halogens is 4. The molecule has 2 aromatic carbocycles. The van der Waals surface area contributed by atoms with Crippen LogP contribution in [0.15, 0.2) is 44.2 Å². The summed E-state index contributed by atoms with van der Waals surface area (Å²) >= 11 is 6.37. The van der Waals surface area contributed by atoms with E-state index in [-0.39, 0.29) is 5.69 Å². The number of hydrogen-bond donors (Lipinski definition) is 2. The Labute approximate surface area is 136 Å². The molecule has 0 saturated carbocycles. The Morgan fingerprint density at radius 2 is 1.71 bits per heavy atom. The molecule has 112 valence electrons. The summed E-state index contributed by atoms with van der Waals surface area (Å²) in [6, 6.07) is 5.96. The first-order chi connectivity index (χ1) is 9.70. The van der Waals surface area contributed by atoms with Gasteiger partial charge in [-0.25, -0.2) is 17.2 Å². The maximum atomic E-state index is 13.7. The third-order valence-electron chi connectivity index (χ3n) is 2.51. The SMILES string of the molecule is Nc1cc(S(=O)(=O)Nc2cc(Br)ccc2Br)c(F)cc1F. The maximum absolute atomic E-state index is 13.7. The van der Waals surface area contributed by atoms with Crippen LogP contribution in [0, 0.1) is 11.6 Å². The summed E-state index contributed by atoms with van der Waals surface area (Å²) in [6.07, 6.45) is 0. The van der Waals surface area contributed by atoms with Crippen LogP contribution in [0.25, 0.3) is 0 Å². The average Bonchev–Trinajstić information content (AvgIpc) is 2.37. The second-order valence-electron chi connectivity index (χ2n) is 4.03. The highest BCUT2D eigenvalue weighted by Crippen LogP contribution is 2.29. The third-order valence-corrected chi connectivity index (χ3v) is 5.08. The fourth-order valence-electron chi connectivity index (χ4n) is 1.53. The number of hydrogen-bond acceptors (Lipinski definition) is 3. The Kier molecular flexibility index (Phi) is 4.54. The Bertz CT molecular complexity index is 813. The van der Waals surface area contributed by atoms with Crippen molar-refractivity contribution in [3.05, 3.63) is 50.9 Å². The van der Waals surface area contributed by atoms with E-state index in [4.69, 9.17) is 5.73 Å². The fourth-order valence-corrected chi connectivity index (χ4v) is 3.53. The number of nitrogen functional groups attached to an aromatic ring is 1. The molecule has 0 unspecified atom stereocenters. The van der Waals surface area contributed by atoms with Gasteiger partial charge in [0.1, 0.15) is 16.5 Å². The zero-order valence-corrected chi connectivity index (χ0v) is 14.2. The Morgan fingerprint density at radius 3 is 2.38 bits per heavy atom. The number of rotatable bonds is 3. The number of sulfonamides is 1. The van der Waals surface area contributed by atoms with Gasteiger partial charge in [0.2, 0.25) is 0 Å². The van der Waals surface area contributed by atoms with Crippen molar-refractivity contribution in [3.63, 3.8) is 0 Å². The molecular formula is C12H8Br2F2N2O2S. The lowest BCUT2D eigenvalue weighted by Gasteiger charge is -2.11. The molecule has 3 N–H and O–H groups in total. The van der Waals surface area contributed by atoms with Crippen molar-refractivity contribution in [1.29, 1.82) is 0 Å². The summed E-state index contributed by atoms with van der Waals surface area (Å²) in [5.74, 6) is -2.24. The van der Waals surface area contributed by atoms with E-state index in [2.05, 4.69) is 36.6 Å². The van der Waals surface area contributed by atoms with E-state index in [9.17, 15) is 17.2 Å². The van der Waals surface area contributed by atoms with Crippen molar-refractivity contribution >= 4 is 53.3 Å². The Morgan fingerprint density at radius 1 is 1.05 bits per heavy atom. The maximum Gasteiger partial charge on any atom is 0.264 e. The summed E-state index contributed by atoms with van der Waals surface area (Å²) < 4.78 is 54.4. The zero-order valence-electron chi connectivity index (χ0n) is 10.2. The van der Waals surface area contributed by atoms with Gasteiger partial charge >= 0.3 is 0 Å². The van der Waals surface area contributed by atoms with Gasteiger partial charge in [-0.05, 0) is 40.2 Å². The van der Waals surface area contributed by atoms with Gasteiger partial charge in [0.15, 0.2) is 0 Å². The normalized spacial score (nSPS) is 11.4. The first-order valence-corrected chi connectivity index (χ1v) is 8.50. The third kappa shape index (κ3) is 3.53. The molecule has 0 atom stereocenters. The van der Waals surface area contributed by atoms with Gasteiger partial charge in [0.25, 0.3) is 10.0 Å². The molecular weight excluding hydrogens is 434 g/mol. The Hall–Kier alpha value is -1.19. The molecule has 2 aromatic rings. The lowest BCUT2D eigenvalue weighted by atomic mass is 10.3. The largest absolute Gasteiger partial charge is 0.396 e. The van der Waals surface area contributed by atoms with Crippen molar-refractivity contribution in [3.8, 4) is 0 Å². The highest BCUT2D eigenvalue weighted by atomic mass is 79.9. The molecule has 21 heavy (non-hydrogen) atoms. The molecule has 9 heteroatoms. The lowest BCUT2D eigenvalue weighted by Crippen LogP contribution is -2.15. The van der Waals surface area contributed by atoms with Crippen molar-refractivity contribution in [2.75, 3.05) is 10.5 Å². The summed E-state index contributed by atoms with van der Waals surface area (Å²) in [5.41, 5.74) is 5.03. The molecule has 0 amide bonds. The second-order valence-corrected chi connectivity index (χ2v) is 7.45. The molecule has 0 aliphatic carbocycles. The monoisotopic (exact) mass is 440 g/mol. The van der Waals surface area contributed by atoms with Gasteiger partial charge in [-0.15, -0.1) is 0 Å². The van der Waals surface area contributed by atoms with E-state index >= 15 is 0 Å². The lowest BCUT2D eigenvalue weighted by molar-refractivity contribution is 0.553. The molecule has 4 nitrogen and oxygen atoms in total. The quantitative estimate of drug-likeness (QED) is 0.710. The molecule has 0 aromatic heterocycles. The van der Waals surface area contributed by atoms with Crippen molar-refractivity contribution in [2.45, 2.75) is 4.90 Å². The number of benzene rings is 2. The van der Waals surface area contributed by atoms with Gasteiger partial charge in [-0.2, -0.15) is 0 Å². The van der Waals surface area contributed by atoms with Crippen LogP contribution in [0.1, 0.15) is 0 Å². The van der Waals surface area contributed by atoms with Crippen LogP contribution in [-0.4, -0.2) is 8.42 Å². The molecule has 0 fully saturated rings. The molecule has 0 radical (unpaired) electrons. The van der Waals surface area contributed by atoms with E-state index < -0.39 is 32.2 Å². The number of nitrogens with one attached hydrogen (secondary N) is 1. The van der Waals surface area contributed by atoms with Gasteiger partial charge in [0, 0.05) is 15.0 Å². The predicted octanol–water partition coefficient (Wildman–Crippen LogP) is 3.87. The summed E-state index contributed by atoms with van der Waals surface area (Å²) in [6.45, 7) is 0. The summed E-state index contributed by atoms with van der Waals surface area (Å²) in [7, 11) is -4.25. The van der Waals surface area contributed by atoms with Crippen LogP contribution in [0.4, 0.5) is 20.2 Å². The van der Waals surface area contributed by atoms with Crippen LogP contribution in [0.5, 0.6) is 0 Å². The van der Waals surface area contributed by atoms with E-state index in [1.807, 2.05) is 0 Å². The predicted molar refractivity (Wildman–Crippen MR) is 83.4 cm³/mol. The van der Waals surface area contributed by atoms with Crippen molar-refractivity contribution < 1.29 is 17.2 Å². The minimum atomic E-state index is -4.25. The van der Waals surface area contributed by atoms with Gasteiger partial charge in [-0.1, -0.05) is 15.9 Å². The van der Waals surface area contributed by atoms with Crippen LogP contribution < -0.4 is 10.5 Å². The van der Waals surface area contributed by atoms with Crippen molar-refractivity contribution in [1.82, 2.24) is 0 Å². The average molecular weight is 442 g/mol. The number of anilines is 2. The molecule has 0 aliphatic heterocycles. The van der Waals surface area contributed by atoms with Gasteiger partial charge in [-0.3, -0.25) is 4.72 Å². The summed E-state index contributed by atoms with van der Waals surface area (Å²) in [5, 5.41) is 0. The standard InChI is InChI=1S/C12H8Br2F2N2O2S/c13-6-1-2-7(14)11(3-6)18-21(19,20)12-5-10(17)8(15)4-9(12)16/h1-5,18H,17H2. The van der Waals surface area contributed by atoms with Crippen LogP contribution >= 0.6 is 31.9 Å². The van der Waals surface area contributed by atoms with Crippen LogP contribution in [0.3, 0.4) is 0 Å². The minimum absolute atomic E-state index is 0.201. The van der Waals surface area contributed by atoms with E-state index in [0.29, 0.717) is 15.0 Å². The molecule has 0 saturated heterocycles. The van der Waals surface area contributed by atoms with E-state index in [1.54, 1.807) is 12.1 Å². The number of nitrogens with two attached hydrogens (primary N) is 1. The van der Waals surface area contributed by atoms with Crippen LogP contribution in [-0.2, 0) is 10.0 Å². The fraction of sp³-hybridized carbons (Fsp3) is 0. The highest BCUT2D eigenvalue weighted by molar-refractivity contribution is 9.11.